The van der Waals surface area contributed by atoms with Gasteiger partial charge in [0.2, 0.25) is 5.89 Å². The lowest BCUT2D eigenvalue weighted by molar-refractivity contribution is 0.0988. The molecule has 5 nitrogen and oxygen atoms in total. The number of hydrogen-bond donors (Lipinski definition) is 1. The zero-order chi connectivity index (χ0) is 13.1. The fraction of sp³-hybridized carbons (Fsp3) is 0.250. The predicted octanol–water partition coefficient (Wildman–Crippen LogP) is 3.10. The third-order valence-electron chi connectivity index (χ3n) is 2.23. The molecule has 0 aliphatic rings. The van der Waals surface area contributed by atoms with Gasteiger partial charge in [-0.15, -0.1) is 10.2 Å². The highest BCUT2D eigenvalue weighted by molar-refractivity contribution is 6.30. The van der Waals surface area contributed by atoms with Crippen molar-refractivity contribution in [3.63, 3.8) is 0 Å². The molecule has 1 heterocycles. The van der Waals surface area contributed by atoms with Gasteiger partial charge < -0.3 is 9.73 Å². The number of nitrogens with zero attached hydrogens (tertiary/aromatic N) is 2. The van der Waals surface area contributed by atoms with Crippen LogP contribution in [0.15, 0.2) is 28.7 Å². The minimum atomic E-state index is -0.434. The second kappa shape index (κ2) is 5.18. The highest BCUT2D eigenvalue weighted by Crippen LogP contribution is 2.15. The Balaban J connectivity index is 2.09. The Morgan fingerprint density at radius 1 is 1.28 bits per heavy atom. The standard InChI is InChI=1S/C12H12ClN3O2/c1-7(2)11-15-16-12(18-11)10(17)14-9-5-3-8(13)4-6-9/h3-7H,1-2H3,(H,14,17). The lowest BCUT2D eigenvalue weighted by atomic mass is 10.2. The molecular weight excluding hydrogens is 254 g/mol. The maximum Gasteiger partial charge on any atom is 0.313 e. The van der Waals surface area contributed by atoms with E-state index in [-0.39, 0.29) is 11.8 Å². The van der Waals surface area contributed by atoms with Crippen LogP contribution in [-0.4, -0.2) is 16.1 Å². The van der Waals surface area contributed by atoms with Crippen molar-refractivity contribution >= 4 is 23.2 Å². The van der Waals surface area contributed by atoms with Gasteiger partial charge in [0, 0.05) is 16.6 Å². The van der Waals surface area contributed by atoms with Crippen LogP contribution >= 0.6 is 11.6 Å². The number of anilines is 1. The van der Waals surface area contributed by atoms with E-state index < -0.39 is 5.91 Å². The van der Waals surface area contributed by atoms with Gasteiger partial charge in [-0.25, -0.2) is 0 Å². The van der Waals surface area contributed by atoms with E-state index in [1.54, 1.807) is 24.3 Å². The van der Waals surface area contributed by atoms with Gasteiger partial charge in [0.05, 0.1) is 0 Å². The summed E-state index contributed by atoms with van der Waals surface area (Å²) >= 11 is 5.75. The fourth-order valence-electron chi connectivity index (χ4n) is 1.28. The van der Waals surface area contributed by atoms with E-state index in [9.17, 15) is 4.79 Å². The molecule has 1 aromatic heterocycles. The van der Waals surface area contributed by atoms with Gasteiger partial charge >= 0.3 is 11.8 Å². The van der Waals surface area contributed by atoms with Gasteiger partial charge in [-0.2, -0.15) is 0 Å². The number of aromatic nitrogens is 2. The Labute approximate surface area is 109 Å². The first-order valence-corrected chi connectivity index (χ1v) is 5.84. The molecule has 2 aromatic rings. The summed E-state index contributed by atoms with van der Waals surface area (Å²) in [7, 11) is 0. The Hall–Kier alpha value is -1.88. The Morgan fingerprint density at radius 2 is 1.94 bits per heavy atom. The van der Waals surface area contributed by atoms with Crippen molar-refractivity contribution in [2.45, 2.75) is 19.8 Å². The molecule has 0 saturated heterocycles. The molecule has 94 valence electrons. The third-order valence-corrected chi connectivity index (χ3v) is 2.48. The van der Waals surface area contributed by atoms with Crippen molar-refractivity contribution in [3.05, 3.63) is 41.1 Å². The van der Waals surface area contributed by atoms with Crippen molar-refractivity contribution in [1.82, 2.24) is 10.2 Å². The van der Waals surface area contributed by atoms with Crippen LogP contribution < -0.4 is 5.32 Å². The quantitative estimate of drug-likeness (QED) is 0.926. The van der Waals surface area contributed by atoms with Crippen LogP contribution in [0.5, 0.6) is 0 Å². The van der Waals surface area contributed by atoms with Gasteiger partial charge in [-0.1, -0.05) is 25.4 Å². The molecule has 0 atom stereocenters. The number of amides is 1. The largest absolute Gasteiger partial charge is 0.417 e. The highest BCUT2D eigenvalue weighted by atomic mass is 35.5. The van der Waals surface area contributed by atoms with Crippen LogP contribution in [0.25, 0.3) is 0 Å². The second-order valence-corrected chi connectivity index (χ2v) is 4.50. The van der Waals surface area contributed by atoms with E-state index in [0.717, 1.165) is 0 Å². The summed E-state index contributed by atoms with van der Waals surface area (Å²) in [4.78, 5) is 11.8. The summed E-state index contributed by atoms with van der Waals surface area (Å²) in [6.45, 7) is 3.82. The van der Waals surface area contributed by atoms with Crippen LogP contribution in [-0.2, 0) is 0 Å². The van der Waals surface area contributed by atoms with Gasteiger partial charge in [-0.3, -0.25) is 4.79 Å². The highest BCUT2D eigenvalue weighted by Gasteiger charge is 2.16. The number of benzene rings is 1. The minimum Gasteiger partial charge on any atom is -0.417 e. The van der Waals surface area contributed by atoms with Crippen molar-refractivity contribution in [2.75, 3.05) is 5.32 Å². The smallest absolute Gasteiger partial charge is 0.313 e. The third kappa shape index (κ3) is 2.87. The van der Waals surface area contributed by atoms with Crippen molar-refractivity contribution in [2.24, 2.45) is 0 Å². The van der Waals surface area contributed by atoms with Crippen molar-refractivity contribution in [1.29, 1.82) is 0 Å². The van der Waals surface area contributed by atoms with Crippen LogP contribution in [0.3, 0.4) is 0 Å². The Kier molecular flexibility index (Phi) is 3.62. The second-order valence-electron chi connectivity index (χ2n) is 4.06. The van der Waals surface area contributed by atoms with E-state index in [2.05, 4.69) is 15.5 Å². The Morgan fingerprint density at radius 3 is 2.50 bits per heavy atom. The van der Waals surface area contributed by atoms with Gasteiger partial charge in [0.15, 0.2) is 0 Å². The van der Waals surface area contributed by atoms with Crippen LogP contribution in [0, 0.1) is 0 Å². The molecular formula is C12H12ClN3O2. The predicted molar refractivity (Wildman–Crippen MR) is 67.8 cm³/mol. The zero-order valence-corrected chi connectivity index (χ0v) is 10.7. The first-order chi connectivity index (χ1) is 8.56. The van der Waals surface area contributed by atoms with Crippen LogP contribution in [0.2, 0.25) is 5.02 Å². The number of rotatable bonds is 3. The SMILES string of the molecule is CC(C)c1nnc(C(=O)Nc2ccc(Cl)cc2)o1. The maximum absolute atomic E-state index is 11.8. The summed E-state index contributed by atoms with van der Waals surface area (Å²) in [5.41, 5.74) is 0.619. The molecule has 0 spiro atoms. The van der Waals surface area contributed by atoms with E-state index in [4.69, 9.17) is 16.0 Å². The van der Waals surface area contributed by atoms with E-state index in [1.807, 2.05) is 13.8 Å². The number of hydrogen-bond acceptors (Lipinski definition) is 4. The monoisotopic (exact) mass is 265 g/mol. The average Bonchev–Trinajstić information content (AvgIpc) is 2.81. The molecule has 18 heavy (non-hydrogen) atoms. The molecule has 6 heteroatoms. The number of carbonyl (C=O) groups is 1. The minimum absolute atomic E-state index is 0.0475. The molecule has 0 fully saturated rings. The molecule has 0 bridgehead atoms. The number of nitrogens with one attached hydrogen (secondary N) is 1. The molecule has 0 saturated carbocycles. The van der Waals surface area contributed by atoms with Crippen LogP contribution in [0.1, 0.15) is 36.3 Å². The average molecular weight is 266 g/mol. The van der Waals surface area contributed by atoms with Crippen LogP contribution in [0.4, 0.5) is 5.69 Å². The van der Waals surface area contributed by atoms with E-state index in [0.29, 0.717) is 16.6 Å². The molecule has 0 unspecified atom stereocenters. The van der Waals surface area contributed by atoms with E-state index >= 15 is 0 Å². The van der Waals surface area contributed by atoms with E-state index in [1.165, 1.54) is 0 Å². The summed E-state index contributed by atoms with van der Waals surface area (Å²) < 4.78 is 5.24. The first kappa shape index (κ1) is 12.6. The summed E-state index contributed by atoms with van der Waals surface area (Å²) in [5.74, 6) is 0.0520. The lowest BCUT2D eigenvalue weighted by Gasteiger charge is -2.01. The summed E-state index contributed by atoms with van der Waals surface area (Å²) in [5, 5.41) is 10.7. The number of carbonyl (C=O) groups excluding carboxylic acids is 1. The van der Waals surface area contributed by atoms with Gasteiger partial charge in [0.1, 0.15) is 0 Å². The molecule has 1 amide bonds. The van der Waals surface area contributed by atoms with Crippen molar-refractivity contribution in [3.8, 4) is 0 Å². The molecule has 0 aliphatic heterocycles. The summed E-state index contributed by atoms with van der Waals surface area (Å²) in [6.07, 6.45) is 0. The maximum atomic E-state index is 11.8. The van der Waals surface area contributed by atoms with Gasteiger partial charge in [0.25, 0.3) is 0 Å². The van der Waals surface area contributed by atoms with Crippen molar-refractivity contribution < 1.29 is 9.21 Å². The molecule has 0 radical (unpaired) electrons. The Bertz CT molecular complexity index is 549. The normalized spacial score (nSPS) is 10.7. The number of halogens is 1. The van der Waals surface area contributed by atoms with Gasteiger partial charge in [-0.05, 0) is 24.3 Å². The molecule has 1 N–H and O–H groups in total. The lowest BCUT2D eigenvalue weighted by Crippen LogP contribution is -2.12. The summed E-state index contributed by atoms with van der Waals surface area (Å²) in [6, 6.07) is 6.76. The topological polar surface area (TPSA) is 68.0 Å². The molecule has 0 aliphatic carbocycles. The first-order valence-electron chi connectivity index (χ1n) is 5.46. The zero-order valence-electron chi connectivity index (χ0n) is 9.98. The fourth-order valence-corrected chi connectivity index (χ4v) is 1.40. The molecule has 1 aromatic carbocycles. The molecule has 2 rings (SSSR count).